The van der Waals surface area contributed by atoms with E-state index in [9.17, 15) is 9.59 Å². The lowest BCUT2D eigenvalue weighted by Gasteiger charge is -2.26. The molecule has 1 saturated carbocycles. The Morgan fingerprint density at radius 3 is 2.50 bits per heavy atom. The van der Waals surface area contributed by atoms with E-state index in [0.29, 0.717) is 49.6 Å². The lowest BCUT2D eigenvalue weighted by molar-refractivity contribution is -0.145. The van der Waals surface area contributed by atoms with Crippen LogP contribution in [0.2, 0.25) is 0 Å². The van der Waals surface area contributed by atoms with E-state index >= 15 is 0 Å². The normalized spacial score (nSPS) is 29.3. The molecule has 4 atom stereocenters. The first kappa shape index (κ1) is 21.4. The number of ketones is 1. The number of rotatable bonds is 10. The molecule has 0 aromatic rings. The lowest BCUT2D eigenvalue weighted by Crippen LogP contribution is -2.24. The fourth-order valence-corrected chi connectivity index (χ4v) is 4.24. The Hall–Kier alpha value is -0.900. The number of esters is 1. The van der Waals surface area contributed by atoms with Gasteiger partial charge in [-0.25, -0.2) is 0 Å². The third-order valence-electron chi connectivity index (χ3n) is 6.04. The Kier molecular flexibility index (Phi) is 9.66. The Bertz CT molecular complexity index is 426. The van der Waals surface area contributed by atoms with Gasteiger partial charge in [-0.15, -0.1) is 0 Å². The van der Waals surface area contributed by atoms with Crippen LogP contribution in [-0.2, 0) is 19.1 Å². The first-order valence-electron chi connectivity index (χ1n) is 10.8. The average molecular weight is 367 g/mol. The molecule has 4 heteroatoms. The fraction of sp³-hybridized carbons (Fsp3) is 0.909. The monoisotopic (exact) mass is 366 g/mol. The summed E-state index contributed by atoms with van der Waals surface area (Å²) in [5, 5.41) is 0. The Labute approximate surface area is 159 Å². The molecule has 0 N–H and O–H groups in total. The van der Waals surface area contributed by atoms with Crippen LogP contribution in [0.25, 0.3) is 0 Å². The lowest BCUT2D eigenvalue weighted by atomic mass is 9.83. The number of carbonyl (C=O) groups is 2. The van der Waals surface area contributed by atoms with Crippen molar-refractivity contribution in [3.05, 3.63) is 0 Å². The van der Waals surface area contributed by atoms with Crippen LogP contribution >= 0.6 is 0 Å². The van der Waals surface area contributed by atoms with Crippen molar-refractivity contribution in [2.75, 3.05) is 13.2 Å². The molecule has 1 aliphatic carbocycles. The van der Waals surface area contributed by atoms with Crippen molar-refractivity contribution >= 4 is 11.8 Å². The summed E-state index contributed by atoms with van der Waals surface area (Å²) in [6.07, 6.45) is 11.8. The maximum Gasteiger partial charge on any atom is 0.305 e. The second-order valence-corrected chi connectivity index (χ2v) is 8.69. The van der Waals surface area contributed by atoms with E-state index in [2.05, 4.69) is 13.8 Å². The first-order chi connectivity index (χ1) is 12.5. The summed E-state index contributed by atoms with van der Waals surface area (Å²) < 4.78 is 11.1. The van der Waals surface area contributed by atoms with Crippen molar-refractivity contribution in [2.24, 2.45) is 17.8 Å². The van der Waals surface area contributed by atoms with Crippen LogP contribution in [0.1, 0.15) is 90.9 Å². The minimum Gasteiger partial charge on any atom is -0.465 e. The summed E-state index contributed by atoms with van der Waals surface area (Å²) in [5.41, 5.74) is 0. The summed E-state index contributed by atoms with van der Waals surface area (Å²) in [7, 11) is 0. The molecule has 4 unspecified atom stereocenters. The molecule has 0 aromatic carbocycles. The molecule has 0 radical (unpaired) electrons. The molecule has 2 fully saturated rings. The van der Waals surface area contributed by atoms with E-state index in [1.165, 1.54) is 32.1 Å². The zero-order valence-electron chi connectivity index (χ0n) is 16.8. The summed E-state index contributed by atoms with van der Waals surface area (Å²) in [5.74, 6) is 2.10. The predicted molar refractivity (Wildman–Crippen MR) is 103 cm³/mol. The maximum atomic E-state index is 12.0. The molecule has 0 spiro atoms. The van der Waals surface area contributed by atoms with Gasteiger partial charge in [0.1, 0.15) is 5.78 Å². The van der Waals surface area contributed by atoms with Gasteiger partial charge in [0.05, 0.1) is 12.7 Å². The summed E-state index contributed by atoms with van der Waals surface area (Å²) >= 11 is 0. The highest BCUT2D eigenvalue weighted by Crippen LogP contribution is 2.28. The molecular formula is C22H38O4. The van der Waals surface area contributed by atoms with Gasteiger partial charge in [0.25, 0.3) is 0 Å². The Morgan fingerprint density at radius 2 is 1.77 bits per heavy atom. The topological polar surface area (TPSA) is 52.6 Å². The Balaban J connectivity index is 1.45. The SMILES string of the molecule is CC1CCCC(COC(=O)CCCCC(=O)CCC2CCC(C)OC2)C1. The number of carbonyl (C=O) groups excluding carboxylic acids is 2. The van der Waals surface area contributed by atoms with Gasteiger partial charge in [-0.05, 0) is 69.6 Å². The van der Waals surface area contributed by atoms with Gasteiger partial charge < -0.3 is 9.47 Å². The van der Waals surface area contributed by atoms with Gasteiger partial charge in [0, 0.05) is 25.9 Å². The molecule has 0 amide bonds. The molecule has 0 aromatic heterocycles. The van der Waals surface area contributed by atoms with Crippen molar-refractivity contribution in [2.45, 2.75) is 97.0 Å². The van der Waals surface area contributed by atoms with E-state index in [1.807, 2.05) is 0 Å². The van der Waals surface area contributed by atoms with Gasteiger partial charge >= 0.3 is 5.97 Å². The zero-order valence-corrected chi connectivity index (χ0v) is 16.8. The van der Waals surface area contributed by atoms with Crippen LogP contribution < -0.4 is 0 Å². The third-order valence-corrected chi connectivity index (χ3v) is 6.04. The molecular weight excluding hydrogens is 328 g/mol. The van der Waals surface area contributed by atoms with Crippen molar-refractivity contribution in [3.63, 3.8) is 0 Å². The van der Waals surface area contributed by atoms with Crippen LogP contribution in [0.3, 0.4) is 0 Å². The average Bonchev–Trinajstić information content (AvgIpc) is 2.63. The van der Waals surface area contributed by atoms with Crippen molar-refractivity contribution in [3.8, 4) is 0 Å². The first-order valence-corrected chi connectivity index (χ1v) is 10.8. The minimum atomic E-state index is -0.0934. The zero-order chi connectivity index (χ0) is 18.8. The Morgan fingerprint density at radius 1 is 0.962 bits per heavy atom. The molecule has 26 heavy (non-hydrogen) atoms. The standard InChI is InChI=1S/C22H38O4/c1-17-6-5-7-20(14-17)16-26-22(24)9-4-3-8-21(23)13-12-19-11-10-18(2)25-15-19/h17-20H,3-16H2,1-2H3. The number of ether oxygens (including phenoxy) is 2. The molecule has 1 aliphatic heterocycles. The summed E-state index contributed by atoms with van der Waals surface area (Å²) in [6.45, 7) is 5.79. The predicted octanol–water partition coefficient (Wildman–Crippen LogP) is 5.08. The van der Waals surface area contributed by atoms with Crippen molar-refractivity contribution in [1.29, 1.82) is 0 Å². The van der Waals surface area contributed by atoms with E-state index in [4.69, 9.17) is 9.47 Å². The molecule has 0 bridgehead atoms. The minimum absolute atomic E-state index is 0.0934. The molecule has 2 aliphatic rings. The number of unbranched alkanes of at least 4 members (excludes halogenated alkanes) is 1. The molecule has 150 valence electrons. The molecule has 1 saturated heterocycles. The van der Waals surface area contributed by atoms with Crippen molar-refractivity contribution in [1.82, 2.24) is 0 Å². The van der Waals surface area contributed by atoms with Crippen LogP contribution in [0.5, 0.6) is 0 Å². The van der Waals surface area contributed by atoms with Crippen LogP contribution in [0, 0.1) is 17.8 Å². The number of hydrogen-bond acceptors (Lipinski definition) is 4. The van der Waals surface area contributed by atoms with Gasteiger partial charge in [-0.2, -0.15) is 0 Å². The highest BCUT2D eigenvalue weighted by molar-refractivity contribution is 5.78. The van der Waals surface area contributed by atoms with E-state index in [1.54, 1.807) is 0 Å². The maximum absolute atomic E-state index is 12.0. The second kappa shape index (κ2) is 11.7. The third kappa shape index (κ3) is 8.66. The van der Waals surface area contributed by atoms with E-state index in [-0.39, 0.29) is 5.97 Å². The quantitative estimate of drug-likeness (QED) is 0.399. The summed E-state index contributed by atoms with van der Waals surface area (Å²) in [6, 6.07) is 0. The molecule has 2 rings (SSSR count). The number of Topliss-reactive ketones (excluding diaryl/α,β-unsaturated/α-hetero) is 1. The molecule has 1 heterocycles. The summed E-state index contributed by atoms with van der Waals surface area (Å²) in [4.78, 5) is 23.9. The van der Waals surface area contributed by atoms with Crippen LogP contribution in [0.4, 0.5) is 0 Å². The smallest absolute Gasteiger partial charge is 0.305 e. The fourth-order valence-electron chi connectivity index (χ4n) is 4.24. The second-order valence-electron chi connectivity index (χ2n) is 8.69. The van der Waals surface area contributed by atoms with Crippen LogP contribution in [0.15, 0.2) is 0 Å². The van der Waals surface area contributed by atoms with Crippen LogP contribution in [-0.4, -0.2) is 31.1 Å². The number of hydrogen-bond donors (Lipinski definition) is 0. The van der Waals surface area contributed by atoms with Gasteiger partial charge in [-0.3, -0.25) is 9.59 Å². The van der Waals surface area contributed by atoms with E-state index in [0.717, 1.165) is 38.2 Å². The largest absolute Gasteiger partial charge is 0.465 e. The van der Waals surface area contributed by atoms with Gasteiger partial charge in [0.15, 0.2) is 0 Å². The van der Waals surface area contributed by atoms with Gasteiger partial charge in [0.2, 0.25) is 0 Å². The highest BCUT2D eigenvalue weighted by Gasteiger charge is 2.21. The molecule has 4 nitrogen and oxygen atoms in total. The van der Waals surface area contributed by atoms with Crippen molar-refractivity contribution < 1.29 is 19.1 Å². The van der Waals surface area contributed by atoms with E-state index < -0.39 is 0 Å². The highest BCUT2D eigenvalue weighted by atomic mass is 16.5. The van der Waals surface area contributed by atoms with Gasteiger partial charge in [-0.1, -0.05) is 19.8 Å².